The van der Waals surface area contributed by atoms with Crippen LogP contribution in [0.5, 0.6) is 5.75 Å². The van der Waals surface area contributed by atoms with Gasteiger partial charge < -0.3 is 15.2 Å². The van der Waals surface area contributed by atoms with Gasteiger partial charge in [0.15, 0.2) is 0 Å². The highest BCUT2D eigenvalue weighted by atomic mass is 16.5. The summed E-state index contributed by atoms with van der Waals surface area (Å²) in [5.74, 6) is 1.53. The SMILES string of the molecule is CC1(C(N)CC2CCOc3ccccc32)CCCCO1. The second kappa shape index (κ2) is 5.74. The van der Waals surface area contributed by atoms with E-state index in [-0.39, 0.29) is 11.6 Å². The molecule has 2 aliphatic rings. The first kappa shape index (κ1) is 13.9. The highest BCUT2D eigenvalue weighted by Crippen LogP contribution is 2.39. The lowest BCUT2D eigenvalue weighted by Gasteiger charge is -2.40. The largest absolute Gasteiger partial charge is 0.493 e. The van der Waals surface area contributed by atoms with Gasteiger partial charge in [-0.2, -0.15) is 0 Å². The molecule has 0 amide bonds. The van der Waals surface area contributed by atoms with Crippen molar-refractivity contribution < 1.29 is 9.47 Å². The van der Waals surface area contributed by atoms with Gasteiger partial charge in [-0.3, -0.25) is 0 Å². The third kappa shape index (κ3) is 2.70. The summed E-state index contributed by atoms with van der Waals surface area (Å²) in [6.07, 6.45) is 5.52. The standard InChI is InChI=1S/C17H25NO2/c1-17(9-4-5-10-20-17)16(18)12-13-8-11-19-15-7-3-2-6-14(13)15/h2-3,6-7,13,16H,4-5,8-12,18H2,1H3. The Morgan fingerprint density at radius 2 is 2.15 bits per heavy atom. The second-order valence-electron chi connectivity index (χ2n) is 6.33. The minimum atomic E-state index is -0.147. The van der Waals surface area contributed by atoms with Gasteiger partial charge >= 0.3 is 0 Å². The van der Waals surface area contributed by atoms with Gasteiger partial charge in [0.2, 0.25) is 0 Å². The third-order valence-corrected chi connectivity index (χ3v) is 4.90. The Bertz CT molecular complexity index is 454. The van der Waals surface area contributed by atoms with Crippen molar-refractivity contribution in [2.75, 3.05) is 13.2 Å². The Hall–Kier alpha value is -1.06. The molecule has 3 heteroatoms. The zero-order valence-corrected chi connectivity index (χ0v) is 12.3. The number of benzene rings is 1. The van der Waals surface area contributed by atoms with Crippen molar-refractivity contribution in [1.82, 2.24) is 0 Å². The van der Waals surface area contributed by atoms with E-state index in [1.165, 1.54) is 18.4 Å². The summed E-state index contributed by atoms with van der Waals surface area (Å²) >= 11 is 0. The summed E-state index contributed by atoms with van der Waals surface area (Å²) in [5.41, 5.74) is 7.67. The zero-order chi connectivity index (χ0) is 14.0. The van der Waals surface area contributed by atoms with Crippen molar-refractivity contribution >= 4 is 0 Å². The van der Waals surface area contributed by atoms with Gasteiger partial charge in [-0.15, -0.1) is 0 Å². The molecule has 3 unspecified atom stereocenters. The number of rotatable bonds is 3. The van der Waals surface area contributed by atoms with Crippen molar-refractivity contribution in [3.05, 3.63) is 29.8 Å². The smallest absolute Gasteiger partial charge is 0.122 e. The van der Waals surface area contributed by atoms with Gasteiger partial charge in [0, 0.05) is 12.6 Å². The lowest BCUT2D eigenvalue weighted by atomic mass is 9.80. The lowest BCUT2D eigenvalue weighted by Crippen LogP contribution is -2.50. The second-order valence-corrected chi connectivity index (χ2v) is 6.33. The topological polar surface area (TPSA) is 44.5 Å². The normalized spacial score (nSPS) is 31.2. The third-order valence-electron chi connectivity index (χ3n) is 4.90. The van der Waals surface area contributed by atoms with Crippen molar-refractivity contribution in [3.8, 4) is 5.75 Å². The Morgan fingerprint density at radius 1 is 1.30 bits per heavy atom. The summed E-state index contributed by atoms with van der Waals surface area (Å²) in [4.78, 5) is 0. The number of hydrogen-bond acceptors (Lipinski definition) is 3. The molecule has 110 valence electrons. The first-order chi connectivity index (χ1) is 9.69. The molecule has 0 aromatic heterocycles. The Morgan fingerprint density at radius 3 is 2.95 bits per heavy atom. The molecule has 0 radical (unpaired) electrons. The van der Waals surface area contributed by atoms with Crippen LogP contribution in [-0.2, 0) is 4.74 Å². The van der Waals surface area contributed by atoms with Crippen molar-refractivity contribution in [3.63, 3.8) is 0 Å². The maximum absolute atomic E-state index is 6.50. The van der Waals surface area contributed by atoms with Crippen molar-refractivity contribution in [1.29, 1.82) is 0 Å². The van der Waals surface area contributed by atoms with E-state index in [2.05, 4.69) is 25.1 Å². The lowest BCUT2D eigenvalue weighted by molar-refractivity contribution is -0.0838. The van der Waals surface area contributed by atoms with Gasteiger partial charge in [-0.25, -0.2) is 0 Å². The van der Waals surface area contributed by atoms with E-state index in [9.17, 15) is 0 Å². The quantitative estimate of drug-likeness (QED) is 0.921. The molecule has 0 bridgehead atoms. The van der Waals surface area contributed by atoms with Crippen molar-refractivity contribution in [2.24, 2.45) is 5.73 Å². The molecule has 1 fully saturated rings. The van der Waals surface area contributed by atoms with E-state index in [0.29, 0.717) is 5.92 Å². The summed E-state index contributed by atoms with van der Waals surface area (Å²) in [6.45, 7) is 3.84. The number of ether oxygens (including phenoxy) is 2. The molecule has 1 aromatic carbocycles. The number of fused-ring (bicyclic) bond motifs is 1. The zero-order valence-electron chi connectivity index (χ0n) is 12.3. The van der Waals surface area contributed by atoms with Gasteiger partial charge in [-0.05, 0) is 56.6 Å². The van der Waals surface area contributed by atoms with Gasteiger partial charge in [0.25, 0.3) is 0 Å². The van der Waals surface area contributed by atoms with Crippen LogP contribution in [0.1, 0.15) is 50.5 Å². The molecule has 1 aromatic rings. The summed E-state index contributed by atoms with van der Waals surface area (Å²) in [6, 6.07) is 8.46. The average Bonchev–Trinajstić information content (AvgIpc) is 2.48. The number of hydrogen-bond donors (Lipinski definition) is 1. The first-order valence-electron chi connectivity index (χ1n) is 7.80. The van der Waals surface area contributed by atoms with E-state index in [0.717, 1.165) is 38.2 Å². The first-order valence-corrected chi connectivity index (χ1v) is 7.80. The van der Waals surface area contributed by atoms with E-state index < -0.39 is 0 Å². The maximum atomic E-state index is 6.50. The maximum Gasteiger partial charge on any atom is 0.122 e. The fourth-order valence-corrected chi connectivity index (χ4v) is 3.46. The molecule has 1 saturated heterocycles. The molecule has 20 heavy (non-hydrogen) atoms. The number of nitrogens with two attached hydrogens (primary N) is 1. The molecular formula is C17H25NO2. The van der Waals surface area contributed by atoms with E-state index in [4.69, 9.17) is 15.2 Å². The predicted octanol–water partition coefficient (Wildman–Crippen LogP) is 3.23. The highest BCUT2D eigenvalue weighted by molar-refractivity contribution is 5.37. The summed E-state index contributed by atoms with van der Waals surface area (Å²) in [5, 5.41) is 0. The Kier molecular flexibility index (Phi) is 3.99. The summed E-state index contributed by atoms with van der Waals surface area (Å²) in [7, 11) is 0. The fraction of sp³-hybridized carbons (Fsp3) is 0.647. The van der Waals surface area contributed by atoms with Crippen molar-refractivity contribution in [2.45, 2.75) is 56.6 Å². The minimum absolute atomic E-state index is 0.0963. The van der Waals surface area contributed by atoms with Crippen LogP contribution in [0, 0.1) is 0 Å². The molecule has 0 aliphatic carbocycles. The molecule has 2 heterocycles. The van der Waals surface area contributed by atoms with E-state index in [1.807, 2.05) is 6.07 Å². The molecule has 0 spiro atoms. The van der Waals surface area contributed by atoms with Crippen LogP contribution in [0.15, 0.2) is 24.3 Å². The van der Waals surface area contributed by atoms with E-state index in [1.54, 1.807) is 0 Å². The van der Waals surface area contributed by atoms with Gasteiger partial charge in [0.1, 0.15) is 5.75 Å². The van der Waals surface area contributed by atoms with Gasteiger partial charge in [0.05, 0.1) is 12.2 Å². The minimum Gasteiger partial charge on any atom is -0.493 e. The average molecular weight is 275 g/mol. The molecule has 3 rings (SSSR count). The van der Waals surface area contributed by atoms with Gasteiger partial charge in [-0.1, -0.05) is 18.2 Å². The highest BCUT2D eigenvalue weighted by Gasteiger charge is 2.36. The molecule has 3 nitrogen and oxygen atoms in total. The van der Waals surface area contributed by atoms with Crippen LogP contribution in [-0.4, -0.2) is 24.9 Å². The Balaban J connectivity index is 1.72. The molecular weight excluding hydrogens is 250 g/mol. The van der Waals surface area contributed by atoms with Crippen LogP contribution in [0.4, 0.5) is 0 Å². The monoisotopic (exact) mass is 275 g/mol. The molecule has 2 aliphatic heterocycles. The van der Waals surface area contributed by atoms with Crippen LogP contribution in [0.2, 0.25) is 0 Å². The number of para-hydroxylation sites is 1. The molecule has 0 saturated carbocycles. The molecule has 2 N–H and O–H groups in total. The van der Waals surface area contributed by atoms with Crippen LogP contribution < -0.4 is 10.5 Å². The van der Waals surface area contributed by atoms with Crippen LogP contribution in [0.25, 0.3) is 0 Å². The Labute approximate surface area is 121 Å². The summed E-state index contributed by atoms with van der Waals surface area (Å²) < 4.78 is 11.7. The predicted molar refractivity (Wildman–Crippen MR) is 80.1 cm³/mol. The van der Waals surface area contributed by atoms with Crippen LogP contribution >= 0.6 is 0 Å². The van der Waals surface area contributed by atoms with Crippen LogP contribution in [0.3, 0.4) is 0 Å². The van der Waals surface area contributed by atoms with E-state index >= 15 is 0 Å². The fourth-order valence-electron chi connectivity index (χ4n) is 3.46. The molecule has 3 atom stereocenters.